The largest absolute Gasteiger partial charge is 0.494 e. The van der Waals surface area contributed by atoms with E-state index in [-0.39, 0.29) is 26.1 Å². The van der Waals surface area contributed by atoms with E-state index in [2.05, 4.69) is 72.8 Å². The summed E-state index contributed by atoms with van der Waals surface area (Å²) in [6.45, 7) is 0.627. The first-order valence-corrected chi connectivity index (χ1v) is 24.9. The van der Waals surface area contributed by atoms with Crippen LogP contribution in [0, 0.1) is 0 Å². The number of unbranched alkanes of at least 4 members (excludes halogenated alkanes) is 4. The van der Waals surface area contributed by atoms with E-state index in [1.54, 1.807) is 0 Å². The van der Waals surface area contributed by atoms with E-state index < -0.39 is 32.5 Å². The van der Waals surface area contributed by atoms with Crippen molar-refractivity contribution in [3.63, 3.8) is 0 Å². The number of hydrogen-bond acceptors (Lipinski definition) is 9. The number of rotatable bonds is 28. The quantitative estimate of drug-likeness (QED) is 0.0220. The number of quaternary nitrogens is 1. The summed E-state index contributed by atoms with van der Waals surface area (Å²) < 4.78 is 46.4. The summed E-state index contributed by atoms with van der Waals surface area (Å²) in [6, 6.07) is 53.6. The Hall–Kier alpha value is -6.07. The molecule has 6 rings (SSSR count). The van der Waals surface area contributed by atoms with Crippen LogP contribution in [-0.4, -0.2) is 88.1 Å². The molecule has 0 amide bonds. The molecular formula is C56H65NO10P+. The number of esters is 2. The van der Waals surface area contributed by atoms with Gasteiger partial charge in [-0.1, -0.05) is 133 Å². The summed E-state index contributed by atoms with van der Waals surface area (Å²) in [5.74, 6) is 0.533. The van der Waals surface area contributed by atoms with Crippen LogP contribution < -0.4 is 9.47 Å². The Morgan fingerprint density at radius 3 is 1.26 bits per heavy atom. The van der Waals surface area contributed by atoms with Crippen molar-refractivity contribution in [2.45, 2.75) is 57.5 Å². The van der Waals surface area contributed by atoms with E-state index in [4.69, 9.17) is 28.0 Å². The lowest BCUT2D eigenvalue weighted by Gasteiger charge is -2.24. The van der Waals surface area contributed by atoms with Gasteiger partial charge in [0.05, 0.1) is 41.0 Å². The van der Waals surface area contributed by atoms with Gasteiger partial charge in [0.15, 0.2) is 6.10 Å². The molecule has 0 aromatic heterocycles. The Labute approximate surface area is 401 Å². The molecule has 2 atom stereocenters. The van der Waals surface area contributed by atoms with Crippen LogP contribution in [0.5, 0.6) is 11.5 Å². The van der Waals surface area contributed by atoms with Gasteiger partial charge in [-0.3, -0.25) is 18.6 Å². The van der Waals surface area contributed by atoms with E-state index in [9.17, 15) is 19.0 Å². The number of phosphoric acid groups is 1. The molecule has 0 heterocycles. The Bertz CT molecular complexity index is 2460. The zero-order valence-electron chi connectivity index (χ0n) is 39.5. The van der Waals surface area contributed by atoms with Crippen LogP contribution >= 0.6 is 7.82 Å². The molecule has 1 unspecified atom stereocenters. The molecule has 0 spiro atoms. The van der Waals surface area contributed by atoms with Gasteiger partial charge in [-0.05, 0) is 107 Å². The maximum absolute atomic E-state index is 12.9. The van der Waals surface area contributed by atoms with Crippen molar-refractivity contribution in [3.8, 4) is 56.0 Å². The molecule has 0 fully saturated rings. The Kier molecular flexibility index (Phi) is 20.0. The average Bonchev–Trinajstić information content (AvgIpc) is 3.35. The van der Waals surface area contributed by atoms with Crippen molar-refractivity contribution in [2.75, 3.05) is 60.7 Å². The van der Waals surface area contributed by atoms with Gasteiger partial charge in [0.2, 0.25) is 0 Å². The van der Waals surface area contributed by atoms with Crippen molar-refractivity contribution in [1.82, 2.24) is 0 Å². The SMILES string of the molecule is C[N+](C)(C)CCOP(=O)(O)OC[C@@H](COC(=O)CCCCCOc1ccc(-c2ccc(-c3ccccc3)cc2)cc1)OC(=O)CCCCCOc1ccc(-c2ccc(-c3ccccc3)cc2)cc1. The zero-order chi connectivity index (χ0) is 48.0. The first-order chi connectivity index (χ1) is 32.9. The Morgan fingerprint density at radius 2 is 0.853 bits per heavy atom. The summed E-state index contributed by atoms with van der Waals surface area (Å²) in [7, 11) is 1.32. The fourth-order valence-electron chi connectivity index (χ4n) is 7.20. The van der Waals surface area contributed by atoms with E-state index in [1.165, 1.54) is 22.3 Å². The molecule has 11 nitrogen and oxygen atoms in total. The van der Waals surface area contributed by atoms with E-state index in [0.29, 0.717) is 43.5 Å². The highest BCUT2D eigenvalue weighted by atomic mass is 31.2. The standard InChI is InChI=1S/C56H64NO10P/c1-57(2,3)38-41-65-68(60,61)66-43-54(67-56(59)21-13-7-15-40-63-53-36-32-51(33-37-53)49-28-24-47(25-29-49)45-18-10-5-11-19-45)42-64-55(58)20-12-6-14-39-62-52-34-30-50(31-35-52)48-26-22-46(23-27-48)44-16-8-4-9-17-44/h4-5,8-11,16-19,22-37,54H,6-7,12-15,20-21,38-43H2,1-3H3/p+1/t54-/m1/s1. The lowest BCUT2D eigenvalue weighted by Crippen LogP contribution is -2.37. The van der Waals surface area contributed by atoms with Gasteiger partial charge in [-0.2, -0.15) is 0 Å². The van der Waals surface area contributed by atoms with Gasteiger partial charge in [-0.15, -0.1) is 0 Å². The maximum atomic E-state index is 12.9. The van der Waals surface area contributed by atoms with Crippen LogP contribution in [0.15, 0.2) is 158 Å². The van der Waals surface area contributed by atoms with Crippen molar-refractivity contribution in [1.29, 1.82) is 0 Å². The van der Waals surface area contributed by atoms with Gasteiger partial charge in [0, 0.05) is 12.8 Å². The summed E-state index contributed by atoms with van der Waals surface area (Å²) in [6.07, 6.45) is 3.20. The molecule has 0 aliphatic carbocycles. The van der Waals surface area contributed by atoms with Crippen molar-refractivity contribution in [3.05, 3.63) is 158 Å². The fourth-order valence-corrected chi connectivity index (χ4v) is 7.94. The second kappa shape index (κ2) is 26.5. The number of nitrogens with zero attached hydrogens (tertiary/aromatic N) is 1. The van der Waals surface area contributed by atoms with Crippen LogP contribution in [0.1, 0.15) is 51.4 Å². The second-order valence-corrected chi connectivity index (χ2v) is 19.1. The van der Waals surface area contributed by atoms with Crippen LogP contribution in [0.4, 0.5) is 0 Å². The monoisotopic (exact) mass is 942 g/mol. The predicted octanol–water partition coefficient (Wildman–Crippen LogP) is 12.2. The van der Waals surface area contributed by atoms with Crippen LogP contribution in [0.3, 0.4) is 0 Å². The second-order valence-electron chi connectivity index (χ2n) is 17.7. The van der Waals surface area contributed by atoms with Crippen LogP contribution in [-0.2, 0) is 32.7 Å². The maximum Gasteiger partial charge on any atom is 0.472 e. The molecule has 358 valence electrons. The lowest BCUT2D eigenvalue weighted by atomic mass is 10.0. The number of hydrogen-bond donors (Lipinski definition) is 1. The molecule has 6 aromatic rings. The highest BCUT2D eigenvalue weighted by molar-refractivity contribution is 7.47. The normalized spacial score (nSPS) is 12.7. The van der Waals surface area contributed by atoms with Crippen LogP contribution in [0.25, 0.3) is 44.5 Å². The van der Waals surface area contributed by atoms with Crippen LogP contribution in [0.2, 0.25) is 0 Å². The molecular weight excluding hydrogens is 878 g/mol. The van der Waals surface area contributed by atoms with E-state index >= 15 is 0 Å². The lowest BCUT2D eigenvalue weighted by molar-refractivity contribution is -0.870. The van der Waals surface area contributed by atoms with Crippen molar-refractivity contribution in [2.24, 2.45) is 0 Å². The minimum absolute atomic E-state index is 0.0160. The number of carbonyl (C=O) groups excluding carboxylic acids is 2. The van der Waals surface area contributed by atoms with Gasteiger partial charge in [-0.25, -0.2) is 4.57 Å². The third kappa shape index (κ3) is 18.2. The Morgan fingerprint density at radius 1 is 0.471 bits per heavy atom. The number of likely N-dealkylation sites (N-methyl/N-ethyl adjacent to an activating group) is 1. The molecule has 0 saturated carbocycles. The molecule has 0 aliphatic heterocycles. The zero-order valence-corrected chi connectivity index (χ0v) is 40.4. The summed E-state index contributed by atoms with van der Waals surface area (Å²) in [4.78, 5) is 35.9. The minimum Gasteiger partial charge on any atom is -0.494 e. The first-order valence-electron chi connectivity index (χ1n) is 23.4. The van der Waals surface area contributed by atoms with Crippen molar-refractivity contribution >= 4 is 19.8 Å². The smallest absolute Gasteiger partial charge is 0.472 e. The van der Waals surface area contributed by atoms with E-state index in [1.807, 2.05) is 106 Å². The highest BCUT2D eigenvalue weighted by Crippen LogP contribution is 2.43. The topological polar surface area (TPSA) is 127 Å². The molecule has 68 heavy (non-hydrogen) atoms. The average molecular weight is 943 g/mol. The summed E-state index contributed by atoms with van der Waals surface area (Å²) in [5, 5.41) is 0. The number of phosphoric ester groups is 1. The molecule has 12 heteroatoms. The third-order valence-corrected chi connectivity index (χ3v) is 12.1. The minimum atomic E-state index is -4.46. The molecule has 0 saturated heterocycles. The first kappa shape index (κ1) is 51.3. The number of carbonyl (C=O) groups is 2. The van der Waals surface area contributed by atoms with Gasteiger partial charge < -0.3 is 28.3 Å². The van der Waals surface area contributed by atoms with Crippen molar-refractivity contribution < 1.29 is 51.5 Å². The van der Waals surface area contributed by atoms with Gasteiger partial charge >= 0.3 is 19.8 Å². The molecule has 1 N–H and O–H groups in total. The number of ether oxygens (including phenoxy) is 4. The molecule has 0 bridgehead atoms. The van der Waals surface area contributed by atoms with E-state index in [0.717, 1.165) is 53.0 Å². The molecule has 6 aromatic carbocycles. The summed E-state index contributed by atoms with van der Waals surface area (Å²) >= 11 is 0. The third-order valence-electron chi connectivity index (χ3n) is 11.1. The predicted molar refractivity (Wildman–Crippen MR) is 268 cm³/mol. The molecule has 0 radical (unpaired) electrons. The Balaban J connectivity index is 0.865. The van der Waals surface area contributed by atoms with Gasteiger partial charge in [0.25, 0.3) is 0 Å². The molecule has 0 aliphatic rings. The summed E-state index contributed by atoms with van der Waals surface area (Å²) in [5.41, 5.74) is 9.16. The van der Waals surface area contributed by atoms with Gasteiger partial charge in [0.1, 0.15) is 31.3 Å². The number of benzene rings is 6. The fraction of sp³-hybridized carbons (Fsp3) is 0.321. The highest BCUT2D eigenvalue weighted by Gasteiger charge is 2.27.